The van der Waals surface area contributed by atoms with E-state index in [0.29, 0.717) is 27.8 Å². The third-order valence-corrected chi connectivity index (χ3v) is 9.32. The Hall–Kier alpha value is -3.07. The van der Waals surface area contributed by atoms with Crippen molar-refractivity contribution in [3.05, 3.63) is 94.0 Å². The minimum absolute atomic E-state index is 0.0313. The van der Waals surface area contributed by atoms with Crippen molar-refractivity contribution < 1.29 is 18.0 Å². The molecule has 1 atom stereocenters. The number of amides is 2. The van der Waals surface area contributed by atoms with Gasteiger partial charge in [-0.25, -0.2) is 8.42 Å². The van der Waals surface area contributed by atoms with Crippen LogP contribution in [0.1, 0.15) is 57.6 Å². The second-order valence-electron chi connectivity index (χ2n) is 10.2. The highest BCUT2D eigenvalue weighted by Gasteiger charge is 2.32. The molecular weight excluding hydrogens is 581 g/mol. The molecular formula is C31H37Cl2N3O4S. The molecule has 2 amide bonds. The molecule has 7 nitrogen and oxygen atoms in total. The number of hydrogen-bond donors (Lipinski definition) is 1. The van der Waals surface area contributed by atoms with E-state index >= 15 is 0 Å². The number of carbonyl (C=O) groups is 2. The van der Waals surface area contributed by atoms with Gasteiger partial charge < -0.3 is 10.2 Å². The summed E-state index contributed by atoms with van der Waals surface area (Å²) in [5, 5.41) is 3.55. The van der Waals surface area contributed by atoms with Gasteiger partial charge in [-0.1, -0.05) is 86.8 Å². The maximum Gasteiger partial charge on any atom is 0.264 e. The molecule has 41 heavy (non-hydrogen) atoms. The molecule has 0 fully saturated rings. The van der Waals surface area contributed by atoms with Crippen molar-refractivity contribution >= 4 is 50.7 Å². The summed E-state index contributed by atoms with van der Waals surface area (Å²) < 4.78 is 28.8. The van der Waals surface area contributed by atoms with Crippen LogP contribution in [0, 0.1) is 0 Å². The third-order valence-electron chi connectivity index (χ3n) is 6.79. The lowest BCUT2D eigenvalue weighted by Crippen LogP contribution is -2.51. The summed E-state index contributed by atoms with van der Waals surface area (Å²) in [5.74, 6) is -0.620. The first-order valence-electron chi connectivity index (χ1n) is 13.6. The smallest absolute Gasteiger partial charge is 0.264 e. The fraction of sp³-hybridized carbons (Fsp3) is 0.355. The predicted octanol–water partition coefficient (Wildman–Crippen LogP) is 6.65. The Kier molecular flexibility index (Phi) is 11.6. The molecule has 3 aromatic carbocycles. The summed E-state index contributed by atoms with van der Waals surface area (Å²) in [6.45, 7) is 7.74. The van der Waals surface area contributed by atoms with Gasteiger partial charge in [-0.3, -0.25) is 13.9 Å². The second kappa shape index (κ2) is 14.7. The van der Waals surface area contributed by atoms with E-state index in [1.807, 2.05) is 32.9 Å². The van der Waals surface area contributed by atoms with Gasteiger partial charge in [-0.05, 0) is 66.8 Å². The number of halogens is 2. The number of nitrogens with zero attached hydrogens (tertiary/aromatic N) is 2. The van der Waals surface area contributed by atoms with Gasteiger partial charge in [0.25, 0.3) is 10.0 Å². The van der Waals surface area contributed by atoms with E-state index in [1.165, 1.54) is 17.0 Å². The molecule has 0 saturated heterocycles. The minimum Gasteiger partial charge on any atom is -0.354 e. The number of nitrogens with one attached hydrogen (secondary N) is 1. The quantitative estimate of drug-likeness (QED) is 0.218. The van der Waals surface area contributed by atoms with Gasteiger partial charge >= 0.3 is 0 Å². The number of unbranched alkanes of at least 4 members (excludes halogenated alkanes) is 1. The van der Waals surface area contributed by atoms with E-state index in [0.717, 1.165) is 22.7 Å². The number of carbonyl (C=O) groups excluding carboxylic acids is 2. The average molecular weight is 619 g/mol. The van der Waals surface area contributed by atoms with Crippen LogP contribution in [0.4, 0.5) is 5.69 Å². The molecule has 3 aromatic rings. The minimum atomic E-state index is -4.12. The number of anilines is 1. The number of sulfonamides is 1. The number of hydrogen-bond acceptors (Lipinski definition) is 4. The highest BCUT2D eigenvalue weighted by molar-refractivity contribution is 7.92. The van der Waals surface area contributed by atoms with Crippen LogP contribution in [0.25, 0.3) is 0 Å². The molecule has 0 bridgehead atoms. The van der Waals surface area contributed by atoms with Crippen molar-refractivity contribution in [2.75, 3.05) is 17.4 Å². The van der Waals surface area contributed by atoms with Crippen LogP contribution in [-0.4, -0.2) is 44.3 Å². The van der Waals surface area contributed by atoms with Gasteiger partial charge in [-0.15, -0.1) is 0 Å². The molecule has 0 spiro atoms. The predicted molar refractivity (Wildman–Crippen MR) is 166 cm³/mol. The molecule has 0 aliphatic rings. The van der Waals surface area contributed by atoms with Crippen molar-refractivity contribution in [3.63, 3.8) is 0 Å². The van der Waals surface area contributed by atoms with Crippen molar-refractivity contribution in [1.29, 1.82) is 0 Å². The molecule has 1 N–H and O–H groups in total. The molecule has 10 heteroatoms. The van der Waals surface area contributed by atoms with Crippen LogP contribution in [0.5, 0.6) is 0 Å². The van der Waals surface area contributed by atoms with Gasteiger partial charge in [0, 0.05) is 13.1 Å². The third kappa shape index (κ3) is 8.47. The maximum atomic E-state index is 14.0. The van der Waals surface area contributed by atoms with E-state index in [9.17, 15) is 18.0 Å². The fourth-order valence-electron chi connectivity index (χ4n) is 4.23. The molecule has 0 saturated carbocycles. The Morgan fingerprint density at radius 2 is 1.56 bits per heavy atom. The van der Waals surface area contributed by atoms with E-state index < -0.39 is 28.5 Å². The van der Waals surface area contributed by atoms with Gasteiger partial charge in [0.1, 0.15) is 12.6 Å². The lowest BCUT2D eigenvalue weighted by molar-refractivity contribution is -0.139. The lowest BCUT2D eigenvalue weighted by atomic mass is 10.0. The summed E-state index contributed by atoms with van der Waals surface area (Å²) in [6.07, 6.45) is 1.71. The summed E-state index contributed by atoms with van der Waals surface area (Å²) in [4.78, 5) is 28.5. The highest BCUT2D eigenvalue weighted by atomic mass is 35.5. The van der Waals surface area contributed by atoms with Gasteiger partial charge in [0.15, 0.2) is 0 Å². The average Bonchev–Trinajstić information content (AvgIpc) is 2.96. The summed E-state index contributed by atoms with van der Waals surface area (Å²) in [5.41, 5.74) is 2.04. The first kappa shape index (κ1) is 32.4. The second-order valence-corrected chi connectivity index (χ2v) is 12.8. The van der Waals surface area contributed by atoms with Crippen LogP contribution in [-0.2, 0) is 26.2 Å². The van der Waals surface area contributed by atoms with Crippen LogP contribution >= 0.6 is 23.2 Å². The van der Waals surface area contributed by atoms with E-state index in [2.05, 4.69) is 5.32 Å². The van der Waals surface area contributed by atoms with E-state index in [1.54, 1.807) is 55.5 Å². The Labute approximate surface area is 253 Å². The fourth-order valence-corrected chi connectivity index (χ4v) is 5.98. The molecule has 3 rings (SSSR count). The molecule has 0 aliphatic carbocycles. The molecule has 220 valence electrons. The van der Waals surface area contributed by atoms with E-state index in [4.69, 9.17) is 23.2 Å². The van der Waals surface area contributed by atoms with Crippen molar-refractivity contribution in [2.45, 2.75) is 63.9 Å². The van der Waals surface area contributed by atoms with Crippen LogP contribution < -0.4 is 9.62 Å². The topological polar surface area (TPSA) is 86.8 Å². The molecule has 0 unspecified atom stereocenters. The first-order valence-corrected chi connectivity index (χ1v) is 15.8. The SMILES string of the molecule is CCCCNC(=O)[C@@H](C)N(Cc1ccc(Cl)c(Cl)c1)C(=O)CN(c1ccc(C(C)C)cc1)S(=O)(=O)c1ccccc1. The highest BCUT2D eigenvalue weighted by Crippen LogP contribution is 2.27. The van der Waals surface area contributed by atoms with Gasteiger partial charge in [-0.2, -0.15) is 0 Å². The Morgan fingerprint density at radius 3 is 2.15 bits per heavy atom. The van der Waals surface area contributed by atoms with Crippen LogP contribution in [0.3, 0.4) is 0 Å². The summed E-state index contributed by atoms with van der Waals surface area (Å²) in [7, 11) is -4.12. The lowest BCUT2D eigenvalue weighted by Gasteiger charge is -2.32. The Balaban J connectivity index is 2.01. The van der Waals surface area contributed by atoms with Crippen molar-refractivity contribution in [1.82, 2.24) is 10.2 Å². The molecule has 0 radical (unpaired) electrons. The van der Waals surface area contributed by atoms with Crippen LogP contribution in [0.15, 0.2) is 77.7 Å². The van der Waals surface area contributed by atoms with Gasteiger partial charge in [0.05, 0.1) is 20.6 Å². The number of rotatable bonds is 13. The maximum absolute atomic E-state index is 14.0. The summed E-state index contributed by atoms with van der Waals surface area (Å²) in [6, 6.07) is 19.2. The first-order chi connectivity index (χ1) is 19.4. The number of benzene rings is 3. The Bertz CT molecular complexity index is 1430. The largest absolute Gasteiger partial charge is 0.354 e. The Morgan fingerprint density at radius 1 is 0.902 bits per heavy atom. The molecule has 0 heterocycles. The zero-order chi connectivity index (χ0) is 30.2. The van der Waals surface area contributed by atoms with Gasteiger partial charge in [0.2, 0.25) is 11.8 Å². The van der Waals surface area contributed by atoms with Crippen molar-refractivity contribution in [3.8, 4) is 0 Å². The molecule has 0 aromatic heterocycles. The zero-order valence-corrected chi connectivity index (χ0v) is 26.1. The van der Waals surface area contributed by atoms with Crippen LogP contribution in [0.2, 0.25) is 10.0 Å². The normalized spacial score (nSPS) is 12.2. The standard InChI is InChI=1S/C31H37Cl2N3O4S/c1-5-6-18-34-31(38)23(4)35(20-24-12-17-28(32)29(33)19-24)30(37)21-36(26-15-13-25(14-16-26)22(2)3)41(39,40)27-10-8-7-9-11-27/h7-17,19,22-23H,5-6,18,20-21H2,1-4H3,(H,34,38)/t23-/m1/s1. The zero-order valence-electron chi connectivity index (χ0n) is 23.8. The van der Waals surface area contributed by atoms with Crippen molar-refractivity contribution in [2.24, 2.45) is 0 Å². The van der Waals surface area contributed by atoms with E-state index in [-0.39, 0.29) is 23.3 Å². The summed E-state index contributed by atoms with van der Waals surface area (Å²) >= 11 is 12.3. The monoisotopic (exact) mass is 617 g/mol. The molecule has 0 aliphatic heterocycles.